The van der Waals surface area contributed by atoms with Crippen LogP contribution in [0.25, 0.3) is 11.1 Å². The summed E-state index contributed by atoms with van der Waals surface area (Å²) in [6, 6.07) is 37.2. The Bertz CT molecular complexity index is 943. The van der Waals surface area contributed by atoms with Crippen LogP contribution in [0.15, 0.2) is 115 Å². The van der Waals surface area contributed by atoms with Crippen molar-refractivity contribution < 1.29 is 4.11 Å². The molecule has 26 heavy (non-hydrogen) atoms. The van der Waals surface area contributed by atoms with Gasteiger partial charge in [-0.2, -0.15) is 0 Å². The molecule has 0 aliphatic carbocycles. The van der Waals surface area contributed by atoms with Crippen LogP contribution in [0.5, 0.6) is 0 Å². The molecular weight excluding hydrogens is 335 g/mol. The van der Waals surface area contributed by atoms with Crippen molar-refractivity contribution in [2.75, 3.05) is 0 Å². The smallest absolute Gasteiger partial charge is 0.296 e. The lowest BCUT2D eigenvalue weighted by Gasteiger charge is -2.26. The number of halogens is 1. The molecular formula is C24H19FSi. The van der Waals surface area contributed by atoms with Gasteiger partial charge < -0.3 is 0 Å². The quantitative estimate of drug-likeness (QED) is 0.291. The van der Waals surface area contributed by atoms with Crippen LogP contribution in [-0.4, -0.2) is 8.41 Å². The van der Waals surface area contributed by atoms with Crippen molar-refractivity contribution in [2.24, 2.45) is 0 Å². The predicted molar refractivity (Wildman–Crippen MR) is 111 cm³/mol. The molecule has 0 aromatic heterocycles. The zero-order valence-corrected chi connectivity index (χ0v) is 15.3. The van der Waals surface area contributed by atoms with Crippen molar-refractivity contribution >= 4 is 24.0 Å². The lowest BCUT2D eigenvalue weighted by Crippen LogP contribution is -2.64. The maximum absolute atomic E-state index is 17.1. The zero-order chi connectivity index (χ0) is 17.8. The second-order valence-corrected chi connectivity index (χ2v) is 9.31. The van der Waals surface area contributed by atoms with Crippen molar-refractivity contribution in [1.82, 2.24) is 0 Å². The summed E-state index contributed by atoms with van der Waals surface area (Å²) < 4.78 is 17.1. The fourth-order valence-electron chi connectivity index (χ4n) is 3.47. The fraction of sp³-hybridized carbons (Fsp3) is 0. The molecule has 0 amide bonds. The molecule has 0 aliphatic rings. The van der Waals surface area contributed by atoms with Crippen molar-refractivity contribution in [3.63, 3.8) is 0 Å². The maximum Gasteiger partial charge on any atom is 0.340 e. The van der Waals surface area contributed by atoms with Crippen LogP contribution < -0.4 is 15.6 Å². The van der Waals surface area contributed by atoms with Gasteiger partial charge in [0.25, 0.3) is 0 Å². The van der Waals surface area contributed by atoms with E-state index < -0.39 is 8.41 Å². The van der Waals surface area contributed by atoms with E-state index >= 15 is 4.11 Å². The average molecular weight is 355 g/mol. The maximum atomic E-state index is 17.1. The second kappa shape index (κ2) is 7.10. The van der Waals surface area contributed by atoms with Gasteiger partial charge in [0.05, 0.1) is 0 Å². The first-order chi connectivity index (χ1) is 12.8. The molecule has 0 fully saturated rings. The molecule has 0 saturated heterocycles. The molecule has 4 rings (SSSR count). The highest BCUT2D eigenvalue weighted by Gasteiger charge is 2.42. The van der Waals surface area contributed by atoms with Gasteiger partial charge in [-0.25, -0.2) is 0 Å². The molecule has 0 spiro atoms. The third kappa shape index (κ3) is 2.89. The largest absolute Gasteiger partial charge is 0.340 e. The number of rotatable bonds is 4. The topological polar surface area (TPSA) is 0 Å². The van der Waals surface area contributed by atoms with Crippen molar-refractivity contribution in [3.8, 4) is 11.1 Å². The summed E-state index contributed by atoms with van der Waals surface area (Å²) in [5.74, 6) is 0. The Morgan fingerprint density at radius 3 is 1.42 bits per heavy atom. The number of hydrogen-bond donors (Lipinski definition) is 0. The Morgan fingerprint density at radius 1 is 0.462 bits per heavy atom. The summed E-state index contributed by atoms with van der Waals surface area (Å²) >= 11 is 0. The van der Waals surface area contributed by atoms with Gasteiger partial charge in [0.1, 0.15) is 0 Å². The van der Waals surface area contributed by atoms with Crippen LogP contribution in [-0.2, 0) is 0 Å². The van der Waals surface area contributed by atoms with Crippen molar-refractivity contribution in [3.05, 3.63) is 115 Å². The van der Waals surface area contributed by atoms with Crippen LogP contribution in [0.2, 0.25) is 0 Å². The lowest BCUT2D eigenvalue weighted by atomic mass is 10.1. The molecule has 4 aromatic carbocycles. The minimum absolute atomic E-state index is 0.773. The normalized spacial score (nSPS) is 11.3. The minimum atomic E-state index is -3.61. The van der Waals surface area contributed by atoms with Gasteiger partial charge in [-0.15, -0.1) is 0 Å². The predicted octanol–water partition coefficient (Wildman–Crippen LogP) is 4.29. The van der Waals surface area contributed by atoms with Crippen LogP contribution in [0.3, 0.4) is 0 Å². The second-order valence-electron chi connectivity index (χ2n) is 6.30. The summed E-state index contributed by atoms with van der Waals surface area (Å²) in [7, 11) is -3.61. The zero-order valence-electron chi connectivity index (χ0n) is 14.3. The van der Waals surface area contributed by atoms with Gasteiger partial charge >= 0.3 is 8.41 Å². The van der Waals surface area contributed by atoms with Crippen LogP contribution in [0.4, 0.5) is 4.11 Å². The molecule has 4 aromatic rings. The summed E-state index contributed by atoms with van der Waals surface area (Å²) in [5, 5.41) is 2.34. The molecule has 2 heteroatoms. The number of hydrogen-bond acceptors (Lipinski definition) is 0. The Balaban J connectivity index is 2.01. The summed E-state index contributed by atoms with van der Waals surface area (Å²) in [6.45, 7) is 0. The Hall–Kier alpha value is -2.97. The van der Waals surface area contributed by atoms with E-state index in [2.05, 4.69) is 0 Å². The minimum Gasteiger partial charge on any atom is -0.296 e. The Kier molecular flexibility index (Phi) is 4.51. The van der Waals surface area contributed by atoms with E-state index in [4.69, 9.17) is 0 Å². The third-order valence-electron chi connectivity index (χ3n) is 4.73. The van der Waals surface area contributed by atoms with E-state index in [9.17, 15) is 0 Å². The van der Waals surface area contributed by atoms with Gasteiger partial charge in [0.2, 0.25) is 0 Å². The van der Waals surface area contributed by atoms with Gasteiger partial charge in [0, 0.05) is 0 Å². The number of benzene rings is 4. The molecule has 0 radical (unpaired) electrons. The molecule has 0 aliphatic heterocycles. The van der Waals surface area contributed by atoms with Crippen LogP contribution in [0, 0.1) is 0 Å². The van der Waals surface area contributed by atoms with E-state index in [1.54, 1.807) is 0 Å². The van der Waals surface area contributed by atoms with Crippen LogP contribution in [0.1, 0.15) is 0 Å². The first-order valence-corrected chi connectivity index (χ1v) is 10.6. The van der Waals surface area contributed by atoms with Gasteiger partial charge in [-0.3, -0.25) is 4.11 Å². The van der Waals surface area contributed by atoms with E-state index in [0.29, 0.717) is 0 Å². The molecule has 0 saturated carbocycles. The van der Waals surface area contributed by atoms with Gasteiger partial charge in [0.15, 0.2) is 0 Å². The summed E-state index contributed by atoms with van der Waals surface area (Å²) in [6.07, 6.45) is 0. The highest BCUT2D eigenvalue weighted by Crippen LogP contribution is 2.21. The highest BCUT2D eigenvalue weighted by atomic mass is 28.4. The monoisotopic (exact) mass is 354 g/mol. The first kappa shape index (κ1) is 16.5. The van der Waals surface area contributed by atoms with Crippen molar-refractivity contribution in [1.29, 1.82) is 0 Å². The van der Waals surface area contributed by atoms with E-state index in [-0.39, 0.29) is 0 Å². The molecule has 0 N–H and O–H groups in total. The molecule has 0 unspecified atom stereocenters. The Labute approximate surface area is 154 Å². The van der Waals surface area contributed by atoms with E-state index in [1.807, 2.05) is 115 Å². The van der Waals surface area contributed by atoms with Gasteiger partial charge in [-0.05, 0) is 26.7 Å². The Morgan fingerprint density at radius 2 is 0.885 bits per heavy atom. The van der Waals surface area contributed by atoms with Crippen molar-refractivity contribution in [2.45, 2.75) is 0 Å². The van der Waals surface area contributed by atoms with Crippen LogP contribution >= 0.6 is 0 Å². The lowest BCUT2D eigenvalue weighted by molar-refractivity contribution is 0.842. The fourth-order valence-corrected chi connectivity index (χ4v) is 6.65. The molecule has 0 nitrogen and oxygen atoms in total. The van der Waals surface area contributed by atoms with E-state index in [1.165, 1.54) is 0 Å². The molecule has 0 bridgehead atoms. The summed E-state index contributed by atoms with van der Waals surface area (Å²) in [4.78, 5) is 0. The molecule has 0 atom stereocenters. The van der Waals surface area contributed by atoms with E-state index in [0.717, 1.165) is 26.7 Å². The third-order valence-corrected chi connectivity index (χ3v) is 8.16. The molecule has 126 valence electrons. The first-order valence-electron chi connectivity index (χ1n) is 8.75. The average Bonchev–Trinajstić information content (AvgIpc) is 2.75. The van der Waals surface area contributed by atoms with Gasteiger partial charge in [-0.1, -0.05) is 115 Å². The SMILES string of the molecule is F[Si](c1ccccc1)(c1ccccc1)c1ccccc1-c1ccccc1. The molecule has 0 heterocycles. The highest BCUT2D eigenvalue weighted by molar-refractivity contribution is 7.07. The summed E-state index contributed by atoms with van der Waals surface area (Å²) in [5.41, 5.74) is 2.01. The standard InChI is InChI=1S/C24H19FSi/c25-26(21-14-6-2-7-15-21,22-16-8-3-9-17-22)24-19-11-10-18-23(24)20-12-4-1-5-13-20/h1-19H.